The number of likely N-dealkylation sites (N-methyl/N-ethyl adjacent to an activating group) is 1. The van der Waals surface area contributed by atoms with Gasteiger partial charge >= 0.3 is 0 Å². The zero-order valence-corrected chi connectivity index (χ0v) is 15.3. The molecule has 0 spiro atoms. The van der Waals surface area contributed by atoms with Crippen LogP contribution in [0.3, 0.4) is 0 Å². The second-order valence-corrected chi connectivity index (χ2v) is 6.40. The van der Waals surface area contributed by atoms with Crippen molar-refractivity contribution in [2.45, 2.75) is 6.04 Å². The Balaban J connectivity index is 1.64. The Labute approximate surface area is 157 Å². The van der Waals surface area contributed by atoms with Crippen LogP contribution in [0, 0.1) is 5.82 Å². The largest absolute Gasteiger partial charge is 0.351 e. The molecule has 1 aromatic heterocycles. The third-order valence-electron chi connectivity index (χ3n) is 4.20. The molecule has 138 valence electrons. The predicted molar refractivity (Wildman–Crippen MR) is 104 cm³/mol. The molecule has 6 heteroatoms. The molecular weight excluding hydrogens is 343 g/mol. The summed E-state index contributed by atoms with van der Waals surface area (Å²) in [5, 5.41) is 2.85. The van der Waals surface area contributed by atoms with Crippen molar-refractivity contribution >= 4 is 23.0 Å². The summed E-state index contributed by atoms with van der Waals surface area (Å²) in [7, 11) is 3.78. The van der Waals surface area contributed by atoms with E-state index in [0.29, 0.717) is 12.2 Å². The minimum atomic E-state index is -0.291. The molecule has 0 aliphatic rings. The van der Waals surface area contributed by atoms with Gasteiger partial charge in [0.2, 0.25) is 5.91 Å². The maximum absolute atomic E-state index is 13.5. The molecule has 0 aliphatic carbocycles. The van der Waals surface area contributed by atoms with Gasteiger partial charge in [-0.05, 0) is 50.0 Å². The first-order valence-electron chi connectivity index (χ1n) is 8.62. The van der Waals surface area contributed by atoms with E-state index in [1.807, 2.05) is 49.3 Å². The fourth-order valence-corrected chi connectivity index (χ4v) is 2.78. The summed E-state index contributed by atoms with van der Waals surface area (Å²) in [6, 6.07) is 13.8. The maximum Gasteiger partial charge on any atom is 0.244 e. The Morgan fingerprint density at radius 3 is 2.70 bits per heavy atom. The van der Waals surface area contributed by atoms with Gasteiger partial charge in [0.1, 0.15) is 5.82 Å². The van der Waals surface area contributed by atoms with Crippen molar-refractivity contribution in [1.29, 1.82) is 0 Å². The van der Waals surface area contributed by atoms with Gasteiger partial charge in [0, 0.05) is 12.6 Å². The molecule has 1 unspecified atom stereocenters. The van der Waals surface area contributed by atoms with Gasteiger partial charge in [-0.2, -0.15) is 0 Å². The molecule has 0 saturated heterocycles. The highest BCUT2D eigenvalue weighted by atomic mass is 19.1. The normalized spacial score (nSPS) is 12.6. The topological polar surface area (TPSA) is 58.1 Å². The van der Waals surface area contributed by atoms with E-state index in [2.05, 4.69) is 15.3 Å². The summed E-state index contributed by atoms with van der Waals surface area (Å²) >= 11 is 0. The van der Waals surface area contributed by atoms with E-state index >= 15 is 0 Å². The van der Waals surface area contributed by atoms with E-state index < -0.39 is 0 Å². The Kier molecular flexibility index (Phi) is 5.88. The summed E-state index contributed by atoms with van der Waals surface area (Å²) < 4.78 is 13.5. The van der Waals surface area contributed by atoms with Gasteiger partial charge in [-0.25, -0.2) is 9.37 Å². The molecule has 3 rings (SSSR count). The molecule has 1 N–H and O–H groups in total. The van der Waals surface area contributed by atoms with Gasteiger partial charge in [0.15, 0.2) is 0 Å². The van der Waals surface area contributed by atoms with Crippen molar-refractivity contribution in [2.24, 2.45) is 0 Å². The van der Waals surface area contributed by atoms with Crippen molar-refractivity contribution in [3.05, 3.63) is 77.9 Å². The molecule has 5 nitrogen and oxygen atoms in total. The number of amides is 1. The monoisotopic (exact) mass is 364 g/mol. The van der Waals surface area contributed by atoms with Gasteiger partial charge < -0.3 is 10.2 Å². The Morgan fingerprint density at radius 1 is 1.19 bits per heavy atom. The van der Waals surface area contributed by atoms with Crippen LogP contribution in [0.1, 0.15) is 17.3 Å². The second-order valence-electron chi connectivity index (χ2n) is 6.40. The molecule has 0 radical (unpaired) electrons. The van der Waals surface area contributed by atoms with Gasteiger partial charge in [0.25, 0.3) is 0 Å². The van der Waals surface area contributed by atoms with Crippen LogP contribution in [0.4, 0.5) is 4.39 Å². The van der Waals surface area contributed by atoms with Crippen molar-refractivity contribution in [1.82, 2.24) is 20.2 Å². The number of nitrogens with one attached hydrogen (secondary N) is 1. The van der Waals surface area contributed by atoms with Crippen LogP contribution in [0.5, 0.6) is 0 Å². The number of benzene rings is 2. The van der Waals surface area contributed by atoms with Gasteiger partial charge in [-0.15, -0.1) is 0 Å². The number of para-hydroxylation sites is 2. The average Bonchev–Trinajstić information content (AvgIpc) is 2.66. The maximum atomic E-state index is 13.5. The lowest BCUT2D eigenvalue weighted by Gasteiger charge is -2.24. The highest BCUT2D eigenvalue weighted by Gasteiger charge is 2.15. The van der Waals surface area contributed by atoms with E-state index in [1.54, 1.807) is 18.3 Å². The first kappa shape index (κ1) is 18.7. The highest BCUT2D eigenvalue weighted by Crippen LogP contribution is 2.18. The van der Waals surface area contributed by atoms with Crippen LogP contribution in [0.25, 0.3) is 17.1 Å². The molecule has 0 fully saturated rings. The smallest absolute Gasteiger partial charge is 0.244 e. The number of carbonyl (C=O) groups is 1. The van der Waals surface area contributed by atoms with Crippen molar-refractivity contribution in [3.8, 4) is 0 Å². The van der Waals surface area contributed by atoms with Crippen LogP contribution in [-0.4, -0.2) is 41.4 Å². The van der Waals surface area contributed by atoms with Crippen LogP contribution >= 0.6 is 0 Å². The average molecular weight is 364 g/mol. The molecule has 2 aromatic carbocycles. The van der Waals surface area contributed by atoms with Crippen molar-refractivity contribution in [3.63, 3.8) is 0 Å². The molecule has 0 aliphatic heterocycles. The fraction of sp³-hybridized carbons (Fsp3) is 0.190. The number of hydrogen-bond acceptors (Lipinski definition) is 4. The second kappa shape index (κ2) is 8.51. The predicted octanol–water partition coefficient (Wildman–Crippen LogP) is 3.20. The number of rotatable bonds is 6. The first-order valence-corrected chi connectivity index (χ1v) is 8.62. The number of carbonyl (C=O) groups excluding carboxylic acids is 1. The third-order valence-corrected chi connectivity index (χ3v) is 4.20. The Bertz CT molecular complexity index is 971. The number of hydrogen-bond donors (Lipinski definition) is 1. The molecule has 1 amide bonds. The van der Waals surface area contributed by atoms with Crippen LogP contribution in [-0.2, 0) is 4.79 Å². The Hall–Kier alpha value is -3.12. The lowest BCUT2D eigenvalue weighted by atomic mass is 10.1. The zero-order chi connectivity index (χ0) is 19.2. The third kappa shape index (κ3) is 4.95. The summed E-state index contributed by atoms with van der Waals surface area (Å²) in [4.78, 5) is 22.9. The van der Waals surface area contributed by atoms with Crippen LogP contribution in [0.15, 0.2) is 60.8 Å². The summed E-state index contributed by atoms with van der Waals surface area (Å²) in [6.45, 7) is 0.364. The summed E-state index contributed by atoms with van der Waals surface area (Å²) in [6.07, 6.45) is 4.68. The lowest BCUT2D eigenvalue weighted by Crippen LogP contribution is -2.33. The fourth-order valence-electron chi connectivity index (χ4n) is 2.78. The van der Waals surface area contributed by atoms with E-state index in [4.69, 9.17) is 0 Å². The SMILES string of the molecule is CN(C)C(CNC(=O)/C=C/c1cnc2ccccc2n1)c1cccc(F)c1. The standard InChI is InChI=1S/C21H21FN4O/c1-26(2)20(15-6-5-7-16(22)12-15)14-24-21(27)11-10-17-13-23-18-8-3-4-9-19(18)25-17/h3-13,20H,14H2,1-2H3,(H,24,27)/b11-10+. The number of aromatic nitrogens is 2. The molecule has 1 atom stereocenters. The molecular formula is C21H21FN4O. The minimum absolute atomic E-state index is 0.126. The quantitative estimate of drug-likeness (QED) is 0.683. The zero-order valence-electron chi connectivity index (χ0n) is 15.3. The Morgan fingerprint density at radius 2 is 1.96 bits per heavy atom. The van der Waals surface area contributed by atoms with Crippen LogP contribution < -0.4 is 5.32 Å². The van der Waals surface area contributed by atoms with E-state index in [-0.39, 0.29) is 17.8 Å². The van der Waals surface area contributed by atoms with Gasteiger partial charge in [-0.3, -0.25) is 9.78 Å². The number of halogens is 1. The molecule has 3 aromatic rings. The van der Waals surface area contributed by atoms with Crippen LogP contribution in [0.2, 0.25) is 0 Å². The van der Waals surface area contributed by atoms with Crippen molar-refractivity contribution in [2.75, 3.05) is 20.6 Å². The molecule has 0 saturated carbocycles. The van der Waals surface area contributed by atoms with E-state index in [9.17, 15) is 9.18 Å². The van der Waals surface area contributed by atoms with E-state index in [0.717, 1.165) is 16.6 Å². The molecule has 0 bridgehead atoms. The molecule has 1 heterocycles. The van der Waals surface area contributed by atoms with Gasteiger partial charge in [-0.1, -0.05) is 24.3 Å². The number of nitrogens with zero attached hydrogens (tertiary/aromatic N) is 3. The minimum Gasteiger partial charge on any atom is -0.351 e. The number of fused-ring (bicyclic) bond motifs is 1. The highest BCUT2D eigenvalue weighted by molar-refractivity contribution is 5.91. The summed E-state index contributed by atoms with van der Waals surface area (Å²) in [5.74, 6) is -0.534. The summed E-state index contributed by atoms with van der Waals surface area (Å²) in [5.41, 5.74) is 3.00. The first-order chi connectivity index (χ1) is 13.0. The van der Waals surface area contributed by atoms with E-state index in [1.165, 1.54) is 18.2 Å². The van der Waals surface area contributed by atoms with Crippen molar-refractivity contribution < 1.29 is 9.18 Å². The van der Waals surface area contributed by atoms with Gasteiger partial charge in [0.05, 0.1) is 29.0 Å². The lowest BCUT2D eigenvalue weighted by molar-refractivity contribution is -0.116. The molecule has 27 heavy (non-hydrogen) atoms.